The van der Waals surface area contributed by atoms with Crippen LogP contribution in [0, 0.1) is 0 Å². The predicted molar refractivity (Wildman–Crippen MR) is 121 cm³/mol. The van der Waals surface area contributed by atoms with Gasteiger partial charge in [0.05, 0.1) is 22.9 Å². The van der Waals surface area contributed by atoms with Crippen LogP contribution in [0.15, 0.2) is 24.3 Å². The normalized spacial score (nSPS) is 14.6. The molecule has 1 aliphatic rings. The van der Waals surface area contributed by atoms with E-state index >= 15 is 0 Å². The van der Waals surface area contributed by atoms with Gasteiger partial charge in [-0.05, 0) is 44.2 Å². The van der Waals surface area contributed by atoms with E-state index in [2.05, 4.69) is 10.8 Å². The van der Waals surface area contributed by atoms with Crippen LogP contribution in [-0.2, 0) is 21.8 Å². The number of rotatable bonds is 8. The van der Waals surface area contributed by atoms with Crippen molar-refractivity contribution in [2.45, 2.75) is 37.7 Å². The summed E-state index contributed by atoms with van der Waals surface area (Å²) in [5, 5.41) is 0. The topological polar surface area (TPSA) is 73.4 Å². The highest BCUT2D eigenvalue weighted by molar-refractivity contribution is 7.97. The van der Waals surface area contributed by atoms with Gasteiger partial charge < -0.3 is 19.9 Å². The quantitative estimate of drug-likeness (QED) is 0.627. The van der Waals surface area contributed by atoms with Crippen LogP contribution in [-0.4, -0.2) is 59.0 Å². The summed E-state index contributed by atoms with van der Waals surface area (Å²) in [6.45, 7) is 3.26. The van der Waals surface area contributed by atoms with Crippen LogP contribution in [0.4, 0.5) is 0 Å². The van der Waals surface area contributed by atoms with E-state index in [-0.39, 0.29) is 36.8 Å². The van der Waals surface area contributed by atoms with Crippen LogP contribution in [0.1, 0.15) is 25.1 Å². The zero-order chi connectivity index (χ0) is 18.4. The molecular weight excluding hydrogens is 419 g/mol. The maximum absolute atomic E-state index is 12.8. The minimum absolute atomic E-state index is 0. The number of aromatic nitrogens is 2. The van der Waals surface area contributed by atoms with Crippen LogP contribution < -0.4 is 5.73 Å². The molecule has 3 rings (SSSR count). The number of imidazole rings is 1. The summed E-state index contributed by atoms with van der Waals surface area (Å²) in [7, 11) is 0. The summed E-state index contributed by atoms with van der Waals surface area (Å²) >= 11 is 1.72. The smallest absolute Gasteiger partial charge is 0.242 e. The molecule has 2 heterocycles. The van der Waals surface area contributed by atoms with Crippen molar-refractivity contribution in [2.24, 2.45) is 5.73 Å². The average Bonchev–Trinajstić information content (AvgIpc) is 3.00. The first kappa shape index (κ1) is 25.0. The van der Waals surface area contributed by atoms with Gasteiger partial charge in [-0.2, -0.15) is 11.8 Å². The van der Waals surface area contributed by atoms with Crippen LogP contribution in [0.2, 0.25) is 0 Å². The Morgan fingerprint density at radius 3 is 2.68 bits per heavy atom. The zero-order valence-electron chi connectivity index (χ0n) is 16.2. The van der Waals surface area contributed by atoms with Gasteiger partial charge in [-0.15, -0.1) is 24.8 Å². The number of hydrogen-bond acceptors (Lipinski definition) is 5. The lowest BCUT2D eigenvalue weighted by Gasteiger charge is -2.32. The Labute approximate surface area is 183 Å². The molecule has 2 N–H and O–H groups in total. The number of para-hydroxylation sites is 2. The monoisotopic (exact) mass is 448 g/mol. The van der Waals surface area contributed by atoms with Crippen LogP contribution in [0.25, 0.3) is 11.0 Å². The molecule has 1 fully saturated rings. The molecule has 2 aromatic rings. The second kappa shape index (κ2) is 12.5. The van der Waals surface area contributed by atoms with Gasteiger partial charge in [-0.3, -0.25) is 4.79 Å². The van der Waals surface area contributed by atoms with E-state index in [1.165, 1.54) is 0 Å². The van der Waals surface area contributed by atoms with Crippen LogP contribution in [0.3, 0.4) is 0 Å². The zero-order valence-corrected chi connectivity index (χ0v) is 18.7. The van der Waals surface area contributed by atoms with E-state index in [0.29, 0.717) is 19.7 Å². The van der Waals surface area contributed by atoms with Crippen molar-refractivity contribution >= 4 is 53.5 Å². The predicted octanol–water partition coefficient (Wildman–Crippen LogP) is 3.10. The van der Waals surface area contributed by atoms with Gasteiger partial charge in [0.1, 0.15) is 12.4 Å². The molecule has 28 heavy (non-hydrogen) atoms. The molecule has 0 aliphatic carbocycles. The van der Waals surface area contributed by atoms with E-state index in [1.807, 2.05) is 29.2 Å². The molecule has 158 valence electrons. The fourth-order valence-electron chi connectivity index (χ4n) is 3.38. The summed E-state index contributed by atoms with van der Waals surface area (Å²) in [5.74, 6) is 1.93. The Balaban J connectivity index is 0.00000196. The standard InChI is InChI=1S/C19H28N4O2S.2ClH/c1-26-14-18-21-16-5-2-3-6-17(16)23(18)13-19(24)22-10-7-15(8-11-22)25-12-4-9-20;;/h2-3,5-6,15H,4,7-14,20H2,1H3;2*1H. The maximum atomic E-state index is 12.8. The minimum Gasteiger partial charge on any atom is -0.378 e. The van der Waals surface area contributed by atoms with Crippen molar-refractivity contribution in [2.75, 3.05) is 32.5 Å². The third-order valence-corrected chi connectivity index (χ3v) is 5.34. The molecule has 0 radical (unpaired) electrons. The lowest BCUT2D eigenvalue weighted by atomic mass is 10.1. The van der Waals surface area contributed by atoms with E-state index in [9.17, 15) is 4.79 Å². The van der Waals surface area contributed by atoms with Gasteiger partial charge in [0.15, 0.2) is 0 Å². The molecule has 1 amide bonds. The summed E-state index contributed by atoms with van der Waals surface area (Å²) in [4.78, 5) is 19.5. The van der Waals surface area contributed by atoms with E-state index in [1.54, 1.807) is 11.8 Å². The number of fused-ring (bicyclic) bond motifs is 1. The van der Waals surface area contributed by atoms with Gasteiger partial charge >= 0.3 is 0 Å². The number of carbonyl (C=O) groups is 1. The largest absolute Gasteiger partial charge is 0.378 e. The third-order valence-electron chi connectivity index (χ3n) is 4.80. The number of hydrogen-bond donors (Lipinski definition) is 1. The fourth-order valence-corrected chi connectivity index (χ4v) is 3.86. The Bertz CT molecular complexity index is 736. The molecular formula is C19H30Cl2N4O2S. The lowest BCUT2D eigenvalue weighted by molar-refractivity contribution is -0.134. The van der Waals surface area contributed by atoms with Gasteiger partial charge in [0.2, 0.25) is 5.91 Å². The molecule has 9 heteroatoms. The third kappa shape index (κ3) is 6.26. The van der Waals surface area contributed by atoms with Gasteiger partial charge in [0, 0.05) is 19.7 Å². The SMILES string of the molecule is CSCc1nc2ccccc2n1CC(=O)N1CCC(OCCCN)CC1.Cl.Cl. The number of amides is 1. The molecule has 0 unspecified atom stereocenters. The Kier molecular flexibility index (Phi) is 11.2. The second-order valence-electron chi connectivity index (χ2n) is 6.63. The number of piperidine rings is 1. The number of ether oxygens (including phenoxy) is 1. The molecule has 1 aromatic carbocycles. The highest BCUT2D eigenvalue weighted by Gasteiger charge is 2.24. The summed E-state index contributed by atoms with van der Waals surface area (Å²) < 4.78 is 7.90. The number of likely N-dealkylation sites (tertiary alicyclic amines) is 1. The van der Waals surface area contributed by atoms with Crippen molar-refractivity contribution in [1.29, 1.82) is 0 Å². The first-order valence-electron chi connectivity index (χ1n) is 9.25. The van der Waals surface area contributed by atoms with E-state index in [0.717, 1.165) is 55.0 Å². The molecule has 1 aliphatic heterocycles. The Hall–Kier alpha value is -0.990. The van der Waals surface area contributed by atoms with Crippen molar-refractivity contribution in [3.8, 4) is 0 Å². The lowest BCUT2D eigenvalue weighted by Crippen LogP contribution is -2.42. The highest BCUT2D eigenvalue weighted by Crippen LogP contribution is 2.20. The summed E-state index contributed by atoms with van der Waals surface area (Å²) in [6.07, 6.45) is 5.01. The van der Waals surface area contributed by atoms with Gasteiger partial charge in [-0.1, -0.05) is 12.1 Å². The van der Waals surface area contributed by atoms with Gasteiger partial charge in [0.25, 0.3) is 0 Å². The minimum atomic E-state index is 0. The molecule has 0 spiro atoms. The maximum Gasteiger partial charge on any atom is 0.242 e. The molecule has 0 atom stereocenters. The molecule has 0 bridgehead atoms. The fraction of sp³-hybridized carbons (Fsp3) is 0.579. The van der Waals surface area contributed by atoms with Crippen LogP contribution in [0.5, 0.6) is 0 Å². The van der Waals surface area contributed by atoms with Crippen molar-refractivity contribution in [3.05, 3.63) is 30.1 Å². The Morgan fingerprint density at radius 1 is 1.29 bits per heavy atom. The molecule has 6 nitrogen and oxygen atoms in total. The van der Waals surface area contributed by atoms with Crippen LogP contribution >= 0.6 is 36.6 Å². The molecule has 1 aromatic heterocycles. The van der Waals surface area contributed by atoms with Crippen molar-refractivity contribution in [1.82, 2.24) is 14.5 Å². The van der Waals surface area contributed by atoms with Gasteiger partial charge in [-0.25, -0.2) is 4.98 Å². The number of carbonyl (C=O) groups excluding carboxylic acids is 1. The molecule has 1 saturated heterocycles. The van der Waals surface area contributed by atoms with E-state index < -0.39 is 0 Å². The number of nitrogens with zero attached hydrogens (tertiary/aromatic N) is 3. The number of halogens is 2. The van der Waals surface area contributed by atoms with Crippen molar-refractivity contribution < 1.29 is 9.53 Å². The highest BCUT2D eigenvalue weighted by atomic mass is 35.5. The number of thioether (sulfide) groups is 1. The Morgan fingerprint density at radius 2 is 2.00 bits per heavy atom. The second-order valence-corrected chi connectivity index (χ2v) is 7.50. The average molecular weight is 449 g/mol. The van der Waals surface area contributed by atoms with E-state index in [4.69, 9.17) is 15.5 Å². The first-order valence-corrected chi connectivity index (χ1v) is 10.6. The summed E-state index contributed by atoms with van der Waals surface area (Å²) in [6, 6.07) is 8.03. The van der Waals surface area contributed by atoms with Crippen molar-refractivity contribution in [3.63, 3.8) is 0 Å². The molecule has 0 saturated carbocycles. The summed E-state index contributed by atoms with van der Waals surface area (Å²) in [5.41, 5.74) is 7.49. The number of benzene rings is 1. The number of nitrogens with two attached hydrogens (primary N) is 1. The first-order chi connectivity index (χ1) is 12.7.